The summed E-state index contributed by atoms with van der Waals surface area (Å²) in [5.41, 5.74) is 0.647. The number of carboxylic acids is 1. The maximum Gasteiger partial charge on any atom is 0.335 e. The lowest BCUT2D eigenvalue weighted by Gasteiger charge is -2.11. The number of carbonyl (C=O) groups excluding carboxylic acids is 1. The van der Waals surface area contributed by atoms with Crippen molar-refractivity contribution < 1.29 is 18.9 Å². The molecule has 1 aromatic rings. The lowest BCUT2D eigenvalue weighted by atomic mass is 10.2. The molecule has 6 nitrogen and oxygen atoms in total. The van der Waals surface area contributed by atoms with Crippen LogP contribution in [0, 0.1) is 0 Å². The van der Waals surface area contributed by atoms with E-state index in [0.29, 0.717) is 12.2 Å². The van der Waals surface area contributed by atoms with E-state index in [4.69, 9.17) is 5.11 Å². The highest BCUT2D eigenvalue weighted by Crippen LogP contribution is 2.09. The van der Waals surface area contributed by atoms with Gasteiger partial charge in [-0.3, -0.25) is 4.21 Å². The summed E-state index contributed by atoms with van der Waals surface area (Å²) >= 11 is 0. The first kappa shape index (κ1) is 15.2. The van der Waals surface area contributed by atoms with E-state index in [2.05, 4.69) is 10.6 Å². The predicted molar refractivity (Wildman–Crippen MR) is 74.0 cm³/mol. The van der Waals surface area contributed by atoms with Gasteiger partial charge < -0.3 is 15.7 Å². The van der Waals surface area contributed by atoms with Gasteiger partial charge in [0.25, 0.3) is 0 Å². The zero-order valence-corrected chi connectivity index (χ0v) is 11.5. The Labute approximate surface area is 113 Å². The molecule has 2 atom stereocenters. The van der Waals surface area contributed by atoms with Gasteiger partial charge in [0.15, 0.2) is 0 Å². The highest BCUT2D eigenvalue weighted by atomic mass is 32.2. The minimum Gasteiger partial charge on any atom is -0.478 e. The summed E-state index contributed by atoms with van der Waals surface area (Å²) in [5.74, 6) is -1.02. The lowest BCUT2D eigenvalue weighted by molar-refractivity contribution is 0.0697. The van der Waals surface area contributed by atoms with E-state index in [0.717, 1.165) is 0 Å². The Morgan fingerprint density at radius 2 is 1.89 bits per heavy atom. The first-order valence-electron chi connectivity index (χ1n) is 5.60. The van der Waals surface area contributed by atoms with Gasteiger partial charge in [0.05, 0.1) is 5.56 Å². The third-order valence-corrected chi connectivity index (χ3v) is 3.81. The average Bonchev–Trinajstić information content (AvgIpc) is 2.36. The molecule has 0 bridgehead atoms. The Bertz CT molecular complexity index is 487. The number of aromatic carboxylic acids is 1. The van der Waals surface area contributed by atoms with Crippen LogP contribution in [-0.4, -0.2) is 39.4 Å². The molecule has 0 aliphatic rings. The van der Waals surface area contributed by atoms with E-state index >= 15 is 0 Å². The molecule has 1 rings (SSSR count). The Morgan fingerprint density at radius 3 is 2.37 bits per heavy atom. The zero-order chi connectivity index (χ0) is 14.4. The Kier molecular flexibility index (Phi) is 5.50. The van der Waals surface area contributed by atoms with Crippen LogP contribution in [-0.2, 0) is 10.8 Å². The van der Waals surface area contributed by atoms with E-state index in [1.807, 2.05) is 0 Å². The van der Waals surface area contributed by atoms with E-state index < -0.39 is 22.8 Å². The summed E-state index contributed by atoms with van der Waals surface area (Å²) in [6.45, 7) is 2.08. The SMILES string of the molecule is CC(CNC(=O)Nc1ccc(C(=O)O)cc1)S(C)=O. The molecule has 104 valence electrons. The van der Waals surface area contributed by atoms with Crippen LogP contribution in [0.3, 0.4) is 0 Å². The van der Waals surface area contributed by atoms with Crippen molar-refractivity contribution in [2.24, 2.45) is 0 Å². The van der Waals surface area contributed by atoms with E-state index in [9.17, 15) is 13.8 Å². The monoisotopic (exact) mass is 284 g/mol. The summed E-state index contributed by atoms with van der Waals surface area (Å²) in [4.78, 5) is 22.2. The average molecular weight is 284 g/mol. The van der Waals surface area contributed by atoms with Gasteiger partial charge in [-0.25, -0.2) is 9.59 Å². The highest BCUT2D eigenvalue weighted by Gasteiger charge is 2.08. The summed E-state index contributed by atoms with van der Waals surface area (Å²) in [6, 6.07) is 5.40. The van der Waals surface area contributed by atoms with Gasteiger partial charge in [0.2, 0.25) is 0 Å². The maximum atomic E-state index is 11.5. The molecule has 0 saturated heterocycles. The van der Waals surface area contributed by atoms with Crippen LogP contribution in [0.15, 0.2) is 24.3 Å². The van der Waals surface area contributed by atoms with Crippen LogP contribution in [0.2, 0.25) is 0 Å². The number of hydrogen-bond donors (Lipinski definition) is 3. The van der Waals surface area contributed by atoms with E-state index in [-0.39, 0.29) is 10.8 Å². The quantitative estimate of drug-likeness (QED) is 0.758. The number of hydrogen-bond acceptors (Lipinski definition) is 3. The molecule has 0 spiro atoms. The number of carboxylic acid groups (broad SMARTS) is 1. The largest absolute Gasteiger partial charge is 0.478 e. The molecule has 1 aromatic carbocycles. The Morgan fingerprint density at radius 1 is 1.32 bits per heavy atom. The van der Waals surface area contributed by atoms with Crippen LogP contribution in [0.25, 0.3) is 0 Å². The molecule has 2 amide bonds. The lowest BCUT2D eigenvalue weighted by Crippen LogP contribution is -2.35. The fraction of sp³-hybridized carbons (Fsp3) is 0.333. The van der Waals surface area contributed by atoms with Crippen molar-refractivity contribution in [3.8, 4) is 0 Å². The van der Waals surface area contributed by atoms with Crippen LogP contribution in [0.1, 0.15) is 17.3 Å². The number of anilines is 1. The van der Waals surface area contributed by atoms with Crippen molar-refractivity contribution in [2.75, 3.05) is 18.1 Å². The molecule has 0 aromatic heterocycles. The number of carbonyl (C=O) groups is 2. The first-order chi connectivity index (χ1) is 8.90. The second kappa shape index (κ2) is 6.89. The standard InChI is InChI=1S/C12H16N2O4S/c1-8(19(2)18)7-13-12(17)14-10-5-3-9(4-6-10)11(15)16/h3-6,8H,7H2,1-2H3,(H,15,16)(H2,13,14,17). The second-order valence-electron chi connectivity index (χ2n) is 4.03. The molecular formula is C12H16N2O4S. The van der Waals surface area contributed by atoms with Crippen LogP contribution < -0.4 is 10.6 Å². The van der Waals surface area contributed by atoms with Gasteiger partial charge in [-0.1, -0.05) is 0 Å². The molecule has 0 radical (unpaired) electrons. The van der Waals surface area contributed by atoms with Crippen molar-refractivity contribution in [3.63, 3.8) is 0 Å². The number of rotatable bonds is 5. The fourth-order valence-electron chi connectivity index (χ4n) is 1.23. The van der Waals surface area contributed by atoms with E-state index in [1.165, 1.54) is 24.3 Å². The maximum absolute atomic E-state index is 11.5. The molecule has 0 fully saturated rings. The second-order valence-corrected chi connectivity index (χ2v) is 5.83. The molecule has 0 aliphatic heterocycles. The molecule has 0 aliphatic carbocycles. The summed E-state index contributed by atoms with van der Waals surface area (Å²) < 4.78 is 11.1. The van der Waals surface area contributed by atoms with Gasteiger partial charge in [-0.2, -0.15) is 0 Å². The molecule has 0 heterocycles. The van der Waals surface area contributed by atoms with Gasteiger partial charge in [0, 0.05) is 34.5 Å². The van der Waals surface area contributed by atoms with Crippen molar-refractivity contribution in [1.82, 2.24) is 5.32 Å². The van der Waals surface area contributed by atoms with Crippen LogP contribution in [0.4, 0.5) is 10.5 Å². The zero-order valence-electron chi connectivity index (χ0n) is 10.7. The summed E-state index contributed by atoms with van der Waals surface area (Å²) in [6.07, 6.45) is 1.58. The summed E-state index contributed by atoms with van der Waals surface area (Å²) in [5, 5.41) is 13.8. The van der Waals surface area contributed by atoms with Crippen molar-refractivity contribution in [2.45, 2.75) is 12.2 Å². The van der Waals surface area contributed by atoms with Crippen LogP contribution in [0.5, 0.6) is 0 Å². The number of benzene rings is 1. The summed E-state index contributed by atoms with van der Waals surface area (Å²) in [7, 11) is -0.989. The predicted octanol–water partition coefficient (Wildman–Crippen LogP) is 1.27. The number of amides is 2. The van der Waals surface area contributed by atoms with Crippen molar-refractivity contribution >= 4 is 28.5 Å². The van der Waals surface area contributed by atoms with Gasteiger partial charge in [-0.15, -0.1) is 0 Å². The van der Waals surface area contributed by atoms with Crippen molar-refractivity contribution in [3.05, 3.63) is 29.8 Å². The van der Waals surface area contributed by atoms with Crippen molar-refractivity contribution in [1.29, 1.82) is 0 Å². The molecule has 7 heteroatoms. The smallest absolute Gasteiger partial charge is 0.335 e. The Hall–Kier alpha value is -1.89. The van der Waals surface area contributed by atoms with Crippen LogP contribution >= 0.6 is 0 Å². The molecular weight excluding hydrogens is 268 g/mol. The highest BCUT2D eigenvalue weighted by molar-refractivity contribution is 7.84. The van der Waals surface area contributed by atoms with Gasteiger partial charge >= 0.3 is 12.0 Å². The minimum absolute atomic E-state index is 0.125. The molecule has 2 unspecified atom stereocenters. The Balaban J connectivity index is 2.48. The minimum atomic E-state index is -1.02. The topological polar surface area (TPSA) is 95.5 Å². The third-order valence-electron chi connectivity index (χ3n) is 2.51. The number of urea groups is 1. The van der Waals surface area contributed by atoms with E-state index in [1.54, 1.807) is 13.2 Å². The number of nitrogens with one attached hydrogen (secondary N) is 2. The first-order valence-corrected chi connectivity index (χ1v) is 7.22. The van der Waals surface area contributed by atoms with Gasteiger partial charge in [0.1, 0.15) is 0 Å². The molecule has 0 saturated carbocycles. The molecule has 3 N–H and O–H groups in total. The normalized spacial score (nSPS) is 13.4. The third kappa shape index (κ3) is 5.09. The fourth-order valence-corrected chi connectivity index (χ4v) is 1.54. The molecule has 19 heavy (non-hydrogen) atoms. The van der Waals surface area contributed by atoms with Gasteiger partial charge in [-0.05, 0) is 31.2 Å².